The number of nitrogens with zero attached hydrogens (tertiary/aromatic N) is 3. The molecule has 8 nitrogen and oxygen atoms in total. The van der Waals surface area contributed by atoms with Gasteiger partial charge in [0.1, 0.15) is 12.4 Å². The molecule has 2 aromatic carbocycles. The van der Waals surface area contributed by atoms with Crippen molar-refractivity contribution in [2.75, 3.05) is 12.5 Å². The zero-order valence-electron chi connectivity index (χ0n) is 17.0. The lowest BCUT2D eigenvalue weighted by atomic mass is 10.2. The summed E-state index contributed by atoms with van der Waals surface area (Å²) < 4.78 is 48.8. The van der Waals surface area contributed by atoms with Crippen molar-refractivity contribution >= 4 is 29.3 Å². The molecule has 3 rings (SSSR count). The maximum atomic E-state index is 12.6. The molecule has 0 aliphatic heterocycles. The minimum atomic E-state index is -4.47. The average molecular weight is 481 g/mol. The highest BCUT2D eigenvalue weighted by atomic mass is 35.5. The number of halogens is 4. The van der Waals surface area contributed by atoms with Crippen LogP contribution in [0, 0.1) is 10.1 Å². The van der Waals surface area contributed by atoms with Gasteiger partial charge in [-0.1, -0.05) is 23.7 Å². The molecule has 0 aliphatic carbocycles. The third-order valence-electron chi connectivity index (χ3n) is 4.24. The Labute approximate surface area is 190 Å². The minimum Gasteiger partial charge on any atom is -0.493 e. The van der Waals surface area contributed by atoms with Gasteiger partial charge >= 0.3 is 6.18 Å². The highest BCUT2D eigenvalue weighted by Gasteiger charge is 2.30. The molecule has 12 heteroatoms. The van der Waals surface area contributed by atoms with Crippen LogP contribution in [-0.2, 0) is 12.8 Å². The van der Waals surface area contributed by atoms with E-state index in [1.165, 1.54) is 31.5 Å². The summed E-state index contributed by atoms with van der Waals surface area (Å²) in [5, 5.41) is 15.0. The molecule has 0 unspecified atom stereocenters. The van der Waals surface area contributed by atoms with Crippen LogP contribution < -0.4 is 14.9 Å². The predicted molar refractivity (Wildman–Crippen MR) is 116 cm³/mol. The second-order valence-electron chi connectivity index (χ2n) is 6.55. The number of hydrogen-bond donors (Lipinski definition) is 1. The summed E-state index contributed by atoms with van der Waals surface area (Å²) in [6, 6.07) is 11.2. The quantitative estimate of drug-likeness (QED) is 0.252. The topological polar surface area (TPSA) is 98.9 Å². The van der Waals surface area contributed by atoms with Gasteiger partial charge in [-0.25, -0.2) is 4.98 Å². The normalized spacial score (nSPS) is 11.4. The van der Waals surface area contributed by atoms with Crippen LogP contribution in [0.3, 0.4) is 0 Å². The summed E-state index contributed by atoms with van der Waals surface area (Å²) in [5.41, 5.74) is 2.68. The summed E-state index contributed by atoms with van der Waals surface area (Å²) in [6.07, 6.45) is -2.40. The number of ether oxygens (including phenoxy) is 2. The molecule has 0 aliphatic rings. The minimum absolute atomic E-state index is 0.0202. The Morgan fingerprint density at radius 3 is 2.67 bits per heavy atom. The van der Waals surface area contributed by atoms with Crippen LogP contribution >= 0.6 is 11.6 Å². The number of hydrazone groups is 1. The molecule has 1 aromatic heterocycles. The van der Waals surface area contributed by atoms with Crippen LogP contribution in [-0.4, -0.2) is 23.2 Å². The standard InChI is InChI=1S/C21H16ClF3N4O4/c1-32-18-9-14(10-27-28-19-6-5-15(11-26-19)21(23,24)25)8-17(22)20(18)33-12-13-3-2-4-16(7-13)29(30)31/h2-11H,12H2,1H3,(H,26,28)/b27-10-. The van der Waals surface area contributed by atoms with E-state index in [2.05, 4.69) is 15.5 Å². The van der Waals surface area contributed by atoms with E-state index < -0.39 is 16.7 Å². The molecule has 0 spiro atoms. The molecule has 0 fully saturated rings. The lowest BCUT2D eigenvalue weighted by Crippen LogP contribution is -2.05. The van der Waals surface area contributed by atoms with Crippen molar-refractivity contribution in [2.24, 2.45) is 5.10 Å². The third kappa shape index (κ3) is 6.32. The van der Waals surface area contributed by atoms with Gasteiger partial charge < -0.3 is 9.47 Å². The van der Waals surface area contributed by atoms with E-state index >= 15 is 0 Å². The van der Waals surface area contributed by atoms with Crippen molar-refractivity contribution in [1.29, 1.82) is 0 Å². The fraction of sp³-hybridized carbons (Fsp3) is 0.143. The molecule has 3 aromatic rings. The molecular weight excluding hydrogens is 465 g/mol. The molecule has 1 N–H and O–H groups in total. The Bertz CT molecular complexity index is 1170. The maximum absolute atomic E-state index is 12.6. The van der Waals surface area contributed by atoms with Crippen LogP contribution in [0.15, 0.2) is 59.8 Å². The number of hydrogen-bond acceptors (Lipinski definition) is 7. The molecule has 0 saturated heterocycles. The zero-order chi connectivity index (χ0) is 24.0. The van der Waals surface area contributed by atoms with Gasteiger partial charge in [-0.15, -0.1) is 0 Å². The molecule has 33 heavy (non-hydrogen) atoms. The summed E-state index contributed by atoms with van der Waals surface area (Å²) in [6.45, 7) is 0.0202. The zero-order valence-corrected chi connectivity index (χ0v) is 17.7. The van der Waals surface area contributed by atoms with E-state index in [4.69, 9.17) is 21.1 Å². The van der Waals surface area contributed by atoms with E-state index in [1.807, 2.05) is 0 Å². The highest BCUT2D eigenvalue weighted by Crippen LogP contribution is 2.36. The SMILES string of the molecule is COc1cc(/C=N\Nc2ccc(C(F)(F)F)cn2)cc(Cl)c1OCc1cccc([N+](=O)[O-])c1. The summed E-state index contributed by atoms with van der Waals surface area (Å²) >= 11 is 6.30. The fourth-order valence-electron chi connectivity index (χ4n) is 2.67. The fourth-order valence-corrected chi connectivity index (χ4v) is 2.94. The second-order valence-corrected chi connectivity index (χ2v) is 6.96. The molecule has 0 saturated carbocycles. The van der Waals surface area contributed by atoms with Crippen LogP contribution in [0.5, 0.6) is 11.5 Å². The third-order valence-corrected chi connectivity index (χ3v) is 4.52. The van der Waals surface area contributed by atoms with Gasteiger partial charge in [-0.2, -0.15) is 18.3 Å². The molecule has 0 bridgehead atoms. The van der Waals surface area contributed by atoms with Gasteiger partial charge in [0.15, 0.2) is 11.5 Å². The van der Waals surface area contributed by atoms with Crippen LogP contribution in [0.2, 0.25) is 5.02 Å². The van der Waals surface area contributed by atoms with E-state index in [1.54, 1.807) is 18.2 Å². The van der Waals surface area contributed by atoms with Crippen LogP contribution in [0.1, 0.15) is 16.7 Å². The Morgan fingerprint density at radius 1 is 1.24 bits per heavy atom. The number of pyridine rings is 1. The van der Waals surface area contributed by atoms with Crippen LogP contribution in [0.4, 0.5) is 24.7 Å². The number of nitro benzene ring substituents is 1. The number of aromatic nitrogens is 1. The summed E-state index contributed by atoms with van der Waals surface area (Å²) in [7, 11) is 1.41. The first kappa shape index (κ1) is 23.8. The Morgan fingerprint density at radius 2 is 2.03 bits per heavy atom. The van der Waals surface area contributed by atoms with E-state index in [0.717, 1.165) is 12.1 Å². The molecule has 0 atom stereocenters. The predicted octanol–water partition coefficient (Wildman–Crippen LogP) is 5.70. The first-order chi connectivity index (χ1) is 15.7. The first-order valence-corrected chi connectivity index (χ1v) is 9.61. The highest BCUT2D eigenvalue weighted by molar-refractivity contribution is 6.32. The van der Waals surface area contributed by atoms with Gasteiger partial charge in [0.25, 0.3) is 5.69 Å². The van der Waals surface area contributed by atoms with Crippen LogP contribution in [0.25, 0.3) is 0 Å². The summed E-state index contributed by atoms with van der Waals surface area (Å²) in [4.78, 5) is 14.1. The number of nitro groups is 1. The van der Waals surface area contributed by atoms with Crippen molar-refractivity contribution in [3.8, 4) is 11.5 Å². The van der Waals surface area contributed by atoms with Crippen molar-refractivity contribution in [1.82, 2.24) is 4.98 Å². The van der Waals surface area contributed by atoms with E-state index in [9.17, 15) is 23.3 Å². The number of anilines is 1. The number of non-ortho nitro benzene ring substituents is 1. The first-order valence-electron chi connectivity index (χ1n) is 9.23. The smallest absolute Gasteiger partial charge is 0.417 e. The van der Waals surface area contributed by atoms with Crippen molar-refractivity contribution in [2.45, 2.75) is 12.8 Å². The van der Waals surface area contributed by atoms with Crippen molar-refractivity contribution in [3.63, 3.8) is 0 Å². The number of rotatable bonds is 8. The monoisotopic (exact) mass is 480 g/mol. The number of nitrogens with one attached hydrogen (secondary N) is 1. The van der Waals surface area contributed by atoms with Gasteiger partial charge in [-0.3, -0.25) is 15.5 Å². The largest absolute Gasteiger partial charge is 0.493 e. The van der Waals surface area contributed by atoms with Gasteiger partial charge in [-0.05, 0) is 35.4 Å². The van der Waals surface area contributed by atoms with Crippen molar-refractivity contribution < 1.29 is 27.6 Å². The molecule has 0 radical (unpaired) electrons. The Kier molecular flexibility index (Phi) is 7.34. The summed E-state index contributed by atoms with van der Waals surface area (Å²) in [5.74, 6) is 0.649. The maximum Gasteiger partial charge on any atom is 0.417 e. The van der Waals surface area contributed by atoms with Gasteiger partial charge in [0.2, 0.25) is 0 Å². The average Bonchev–Trinajstić information content (AvgIpc) is 2.78. The molecule has 0 amide bonds. The molecular formula is C21H16ClF3N4O4. The lowest BCUT2D eigenvalue weighted by molar-refractivity contribution is -0.384. The second kappa shape index (κ2) is 10.2. The molecule has 172 valence electrons. The van der Waals surface area contributed by atoms with E-state index in [-0.39, 0.29) is 28.9 Å². The number of alkyl halides is 3. The Balaban J connectivity index is 1.69. The van der Waals surface area contributed by atoms with Gasteiger partial charge in [0.05, 0.1) is 28.8 Å². The Hall–Kier alpha value is -3.86. The van der Waals surface area contributed by atoms with Crippen molar-refractivity contribution in [3.05, 3.63) is 86.6 Å². The number of benzene rings is 2. The van der Waals surface area contributed by atoms with Gasteiger partial charge in [0, 0.05) is 18.3 Å². The van der Waals surface area contributed by atoms with E-state index in [0.29, 0.717) is 23.1 Å². The molecule has 1 heterocycles. The lowest BCUT2D eigenvalue weighted by Gasteiger charge is -2.13. The number of methoxy groups -OCH3 is 1.